The molecule has 0 saturated heterocycles. The molecule has 0 spiro atoms. The van der Waals surface area contributed by atoms with Crippen molar-refractivity contribution in [2.75, 3.05) is 19.6 Å². The van der Waals surface area contributed by atoms with Gasteiger partial charge in [0.2, 0.25) is 11.8 Å². The van der Waals surface area contributed by atoms with E-state index in [0.717, 1.165) is 12.8 Å². The predicted octanol–water partition coefficient (Wildman–Crippen LogP) is 0.879. The van der Waals surface area contributed by atoms with Crippen LogP contribution in [0.25, 0.3) is 0 Å². The first-order valence-electron chi connectivity index (χ1n) is 7.25. The fourth-order valence-electron chi connectivity index (χ4n) is 2.38. The molecule has 1 aliphatic rings. The van der Waals surface area contributed by atoms with Gasteiger partial charge in [0.05, 0.1) is 5.54 Å². The summed E-state index contributed by atoms with van der Waals surface area (Å²) in [5, 5.41) is 3.00. The van der Waals surface area contributed by atoms with Crippen LogP contribution < -0.4 is 11.1 Å². The van der Waals surface area contributed by atoms with Crippen LogP contribution in [0.3, 0.4) is 0 Å². The third-order valence-electron chi connectivity index (χ3n) is 4.01. The highest BCUT2D eigenvalue weighted by Crippen LogP contribution is 2.38. The molecule has 1 rings (SSSR count). The summed E-state index contributed by atoms with van der Waals surface area (Å²) >= 11 is 0. The average Bonchev–Trinajstić information content (AvgIpc) is 3.22. The normalized spacial score (nSPS) is 17.7. The van der Waals surface area contributed by atoms with Crippen LogP contribution >= 0.6 is 0 Å². The zero-order chi connectivity index (χ0) is 14.5. The summed E-state index contributed by atoms with van der Waals surface area (Å²) in [5.74, 6) is 0.473. The molecule has 0 radical (unpaired) electrons. The summed E-state index contributed by atoms with van der Waals surface area (Å²) in [5.41, 5.74) is 5.46. The van der Waals surface area contributed by atoms with Crippen LogP contribution in [-0.2, 0) is 9.59 Å². The van der Waals surface area contributed by atoms with E-state index in [9.17, 15) is 9.59 Å². The Morgan fingerprint density at radius 2 is 1.84 bits per heavy atom. The molecule has 0 aromatic carbocycles. The van der Waals surface area contributed by atoms with Crippen LogP contribution in [-0.4, -0.2) is 41.9 Å². The maximum absolute atomic E-state index is 11.9. The standard InChI is InChI=1S/C14H27N3O2/c1-4-17(5-2)13(19)9-8-12(18)16-14(3,10-15)11-6-7-11/h11H,4-10,15H2,1-3H3,(H,16,18). The Kier molecular flexibility index (Phi) is 5.79. The minimum absolute atomic E-state index is 0.0426. The second-order valence-corrected chi connectivity index (χ2v) is 5.51. The summed E-state index contributed by atoms with van der Waals surface area (Å²) in [6.07, 6.45) is 2.79. The molecule has 1 fully saturated rings. The van der Waals surface area contributed by atoms with Crippen molar-refractivity contribution in [1.82, 2.24) is 10.2 Å². The lowest BCUT2D eigenvalue weighted by Crippen LogP contribution is -2.53. The number of hydrogen-bond donors (Lipinski definition) is 2. The zero-order valence-electron chi connectivity index (χ0n) is 12.4. The van der Waals surface area contributed by atoms with Gasteiger partial charge in [0, 0.05) is 32.5 Å². The first-order valence-corrected chi connectivity index (χ1v) is 7.25. The van der Waals surface area contributed by atoms with Gasteiger partial charge in [-0.05, 0) is 39.5 Å². The topological polar surface area (TPSA) is 75.4 Å². The third kappa shape index (κ3) is 4.49. The quantitative estimate of drug-likeness (QED) is 0.687. The molecule has 2 amide bonds. The Hall–Kier alpha value is -1.10. The summed E-state index contributed by atoms with van der Waals surface area (Å²) in [4.78, 5) is 25.5. The van der Waals surface area contributed by atoms with Crippen LogP contribution in [0.1, 0.15) is 46.5 Å². The molecule has 1 atom stereocenters. The van der Waals surface area contributed by atoms with Gasteiger partial charge in [-0.1, -0.05) is 0 Å². The van der Waals surface area contributed by atoms with Crippen LogP contribution in [0.2, 0.25) is 0 Å². The van der Waals surface area contributed by atoms with Gasteiger partial charge in [-0.3, -0.25) is 9.59 Å². The Balaban J connectivity index is 2.37. The van der Waals surface area contributed by atoms with Crippen molar-refractivity contribution in [3.05, 3.63) is 0 Å². The molecule has 1 unspecified atom stereocenters. The number of rotatable bonds is 8. The van der Waals surface area contributed by atoms with Crippen molar-refractivity contribution >= 4 is 11.8 Å². The van der Waals surface area contributed by atoms with E-state index >= 15 is 0 Å². The minimum atomic E-state index is -0.296. The minimum Gasteiger partial charge on any atom is -0.349 e. The van der Waals surface area contributed by atoms with Gasteiger partial charge in [0.25, 0.3) is 0 Å². The highest BCUT2D eigenvalue weighted by molar-refractivity contribution is 5.84. The molecule has 5 nitrogen and oxygen atoms in total. The van der Waals surface area contributed by atoms with Crippen LogP contribution in [0.5, 0.6) is 0 Å². The molecular formula is C14H27N3O2. The Morgan fingerprint density at radius 3 is 2.26 bits per heavy atom. The molecule has 1 aliphatic carbocycles. The monoisotopic (exact) mass is 269 g/mol. The SMILES string of the molecule is CCN(CC)C(=O)CCC(=O)NC(C)(CN)C1CC1. The van der Waals surface area contributed by atoms with E-state index in [1.165, 1.54) is 0 Å². The van der Waals surface area contributed by atoms with E-state index < -0.39 is 0 Å². The summed E-state index contributed by atoms with van der Waals surface area (Å²) < 4.78 is 0. The second-order valence-electron chi connectivity index (χ2n) is 5.51. The van der Waals surface area contributed by atoms with E-state index in [1.54, 1.807) is 4.90 Å². The summed E-state index contributed by atoms with van der Waals surface area (Å²) in [7, 11) is 0. The highest BCUT2D eigenvalue weighted by Gasteiger charge is 2.41. The van der Waals surface area contributed by atoms with Crippen LogP contribution in [0.4, 0.5) is 0 Å². The Bertz CT molecular complexity index is 325. The number of carbonyl (C=O) groups excluding carboxylic acids is 2. The first kappa shape index (κ1) is 16.0. The molecule has 0 bridgehead atoms. The van der Waals surface area contributed by atoms with E-state index in [-0.39, 0.29) is 30.2 Å². The number of nitrogens with one attached hydrogen (secondary N) is 1. The lowest BCUT2D eigenvalue weighted by atomic mass is 9.95. The van der Waals surface area contributed by atoms with Gasteiger partial charge in [0.1, 0.15) is 0 Å². The number of nitrogens with two attached hydrogens (primary N) is 1. The van der Waals surface area contributed by atoms with Gasteiger partial charge in [-0.2, -0.15) is 0 Å². The molecule has 110 valence electrons. The van der Waals surface area contributed by atoms with Gasteiger partial charge in [-0.15, -0.1) is 0 Å². The maximum atomic E-state index is 11.9. The number of amides is 2. The van der Waals surface area contributed by atoms with E-state index in [0.29, 0.717) is 25.6 Å². The van der Waals surface area contributed by atoms with Crippen molar-refractivity contribution in [2.24, 2.45) is 11.7 Å². The Labute approximate surface area is 115 Å². The zero-order valence-corrected chi connectivity index (χ0v) is 12.4. The van der Waals surface area contributed by atoms with Gasteiger partial charge in [0.15, 0.2) is 0 Å². The van der Waals surface area contributed by atoms with Gasteiger partial charge < -0.3 is 16.0 Å². The first-order chi connectivity index (χ1) is 8.96. The van der Waals surface area contributed by atoms with E-state index in [2.05, 4.69) is 5.32 Å². The maximum Gasteiger partial charge on any atom is 0.223 e. The highest BCUT2D eigenvalue weighted by atomic mass is 16.2. The summed E-state index contributed by atoms with van der Waals surface area (Å²) in [6.45, 7) is 7.72. The third-order valence-corrected chi connectivity index (χ3v) is 4.01. The van der Waals surface area contributed by atoms with E-state index in [4.69, 9.17) is 5.73 Å². The fourth-order valence-corrected chi connectivity index (χ4v) is 2.38. The molecule has 0 aromatic heterocycles. The fraction of sp³-hybridized carbons (Fsp3) is 0.857. The van der Waals surface area contributed by atoms with Crippen LogP contribution in [0, 0.1) is 5.92 Å². The van der Waals surface area contributed by atoms with E-state index in [1.807, 2.05) is 20.8 Å². The van der Waals surface area contributed by atoms with Crippen molar-refractivity contribution < 1.29 is 9.59 Å². The van der Waals surface area contributed by atoms with Crippen LogP contribution in [0.15, 0.2) is 0 Å². The number of carbonyl (C=O) groups is 2. The van der Waals surface area contributed by atoms with Crippen molar-refractivity contribution in [3.8, 4) is 0 Å². The molecule has 1 saturated carbocycles. The van der Waals surface area contributed by atoms with Crippen molar-refractivity contribution in [1.29, 1.82) is 0 Å². The molecule has 3 N–H and O–H groups in total. The molecule has 5 heteroatoms. The van der Waals surface area contributed by atoms with Crippen molar-refractivity contribution in [2.45, 2.75) is 52.0 Å². The molecule has 0 aliphatic heterocycles. The average molecular weight is 269 g/mol. The molecule has 19 heavy (non-hydrogen) atoms. The van der Waals surface area contributed by atoms with Crippen molar-refractivity contribution in [3.63, 3.8) is 0 Å². The largest absolute Gasteiger partial charge is 0.349 e. The lowest BCUT2D eigenvalue weighted by molar-refractivity contribution is -0.133. The lowest BCUT2D eigenvalue weighted by Gasteiger charge is -2.29. The molecule has 0 heterocycles. The molecular weight excluding hydrogens is 242 g/mol. The second kappa shape index (κ2) is 6.89. The number of hydrogen-bond acceptors (Lipinski definition) is 3. The predicted molar refractivity (Wildman–Crippen MR) is 75.5 cm³/mol. The van der Waals surface area contributed by atoms with Gasteiger partial charge in [-0.25, -0.2) is 0 Å². The Morgan fingerprint density at radius 1 is 1.26 bits per heavy atom. The smallest absolute Gasteiger partial charge is 0.223 e. The molecule has 0 aromatic rings. The summed E-state index contributed by atoms with van der Waals surface area (Å²) in [6, 6.07) is 0. The number of nitrogens with zero attached hydrogens (tertiary/aromatic N) is 1. The van der Waals surface area contributed by atoms with Gasteiger partial charge >= 0.3 is 0 Å².